The van der Waals surface area contributed by atoms with Crippen molar-refractivity contribution in [2.45, 2.75) is 38.8 Å². The molecule has 1 atom stereocenters. The molecule has 100 valence electrons. The molecule has 1 aromatic rings. The van der Waals surface area contributed by atoms with E-state index < -0.39 is 0 Å². The van der Waals surface area contributed by atoms with Crippen LogP contribution in [0.15, 0.2) is 18.2 Å². The second-order valence-electron chi connectivity index (χ2n) is 4.97. The zero-order valence-corrected chi connectivity index (χ0v) is 11.0. The summed E-state index contributed by atoms with van der Waals surface area (Å²) in [5, 5.41) is 12.9. The monoisotopic (exact) mass is 251 g/mol. The molecule has 0 bridgehead atoms. The molecule has 18 heavy (non-hydrogen) atoms. The highest BCUT2D eigenvalue weighted by atomic mass is 16.7. The van der Waals surface area contributed by atoms with E-state index in [4.69, 9.17) is 9.47 Å². The number of hydrogen-bond donors (Lipinski definition) is 2. The highest BCUT2D eigenvalue weighted by Crippen LogP contribution is 2.35. The maximum Gasteiger partial charge on any atom is 0.231 e. The smallest absolute Gasteiger partial charge is 0.231 e. The van der Waals surface area contributed by atoms with Crippen molar-refractivity contribution in [1.82, 2.24) is 5.32 Å². The van der Waals surface area contributed by atoms with E-state index >= 15 is 0 Å². The summed E-state index contributed by atoms with van der Waals surface area (Å²) in [6.45, 7) is 5.25. The van der Waals surface area contributed by atoms with Gasteiger partial charge in [0, 0.05) is 17.6 Å². The molecule has 2 rings (SSSR count). The Bertz CT molecular complexity index is 408. The number of benzene rings is 1. The van der Waals surface area contributed by atoms with Gasteiger partial charge in [-0.05, 0) is 19.4 Å². The summed E-state index contributed by atoms with van der Waals surface area (Å²) in [5.41, 5.74) is 0.831. The second-order valence-corrected chi connectivity index (χ2v) is 4.97. The van der Waals surface area contributed by atoms with Crippen molar-refractivity contribution >= 4 is 0 Å². The van der Waals surface area contributed by atoms with Gasteiger partial charge in [-0.3, -0.25) is 0 Å². The molecular weight excluding hydrogens is 230 g/mol. The predicted octanol–water partition coefficient (Wildman–Crippen LogP) is 2.06. The van der Waals surface area contributed by atoms with Gasteiger partial charge in [-0.15, -0.1) is 0 Å². The topological polar surface area (TPSA) is 50.7 Å². The molecule has 1 aromatic carbocycles. The van der Waals surface area contributed by atoms with Crippen molar-refractivity contribution in [2.75, 3.05) is 13.4 Å². The van der Waals surface area contributed by atoms with Crippen LogP contribution in [-0.2, 0) is 6.54 Å². The van der Waals surface area contributed by atoms with E-state index in [2.05, 4.69) is 12.2 Å². The van der Waals surface area contributed by atoms with Crippen LogP contribution in [0.4, 0.5) is 0 Å². The van der Waals surface area contributed by atoms with Crippen LogP contribution >= 0.6 is 0 Å². The van der Waals surface area contributed by atoms with Crippen molar-refractivity contribution < 1.29 is 14.6 Å². The molecule has 0 amide bonds. The lowest BCUT2D eigenvalue weighted by Gasteiger charge is -2.28. The van der Waals surface area contributed by atoms with Gasteiger partial charge in [0.1, 0.15) is 0 Å². The minimum Gasteiger partial charge on any atom is -0.454 e. The standard InChI is InChI=1S/C14H21NO3/c1-3-7-14(2,9-16)15-8-11-5-4-6-12-13(11)18-10-17-12/h4-6,15-16H,3,7-10H2,1-2H3. The van der Waals surface area contributed by atoms with Gasteiger partial charge in [0.05, 0.1) is 6.61 Å². The van der Waals surface area contributed by atoms with Gasteiger partial charge < -0.3 is 19.9 Å². The molecule has 0 spiro atoms. The number of aliphatic hydroxyl groups excluding tert-OH is 1. The Balaban J connectivity index is 2.04. The van der Waals surface area contributed by atoms with Crippen LogP contribution in [-0.4, -0.2) is 24.0 Å². The third-order valence-corrected chi connectivity index (χ3v) is 3.33. The van der Waals surface area contributed by atoms with Gasteiger partial charge in [0.2, 0.25) is 6.79 Å². The lowest BCUT2D eigenvalue weighted by atomic mass is 9.97. The van der Waals surface area contributed by atoms with Gasteiger partial charge >= 0.3 is 0 Å². The summed E-state index contributed by atoms with van der Waals surface area (Å²) < 4.78 is 10.8. The van der Waals surface area contributed by atoms with Gasteiger partial charge in [-0.1, -0.05) is 25.5 Å². The van der Waals surface area contributed by atoms with Crippen molar-refractivity contribution in [3.05, 3.63) is 23.8 Å². The largest absolute Gasteiger partial charge is 0.454 e. The quantitative estimate of drug-likeness (QED) is 0.812. The Labute approximate surface area is 108 Å². The van der Waals surface area contributed by atoms with Crippen LogP contribution < -0.4 is 14.8 Å². The van der Waals surface area contributed by atoms with Gasteiger partial charge in [-0.25, -0.2) is 0 Å². The number of hydrogen-bond acceptors (Lipinski definition) is 4. The lowest BCUT2D eigenvalue weighted by Crippen LogP contribution is -2.45. The van der Waals surface area contributed by atoms with Crippen LogP contribution in [0.1, 0.15) is 32.3 Å². The Morgan fingerprint density at radius 3 is 2.94 bits per heavy atom. The van der Waals surface area contributed by atoms with Gasteiger partial charge in [-0.2, -0.15) is 0 Å². The number of para-hydroxylation sites is 1. The highest BCUT2D eigenvalue weighted by molar-refractivity contribution is 5.48. The van der Waals surface area contributed by atoms with Gasteiger partial charge in [0.15, 0.2) is 11.5 Å². The first-order valence-electron chi connectivity index (χ1n) is 6.42. The fraction of sp³-hybridized carbons (Fsp3) is 0.571. The van der Waals surface area contributed by atoms with E-state index in [0.717, 1.165) is 29.9 Å². The zero-order valence-electron chi connectivity index (χ0n) is 11.0. The highest BCUT2D eigenvalue weighted by Gasteiger charge is 2.23. The van der Waals surface area contributed by atoms with Crippen molar-refractivity contribution in [1.29, 1.82) is 0 Å². The Kier molecular flexibility index (Phi) is 4.09. The van der Waals surface area contributed by atoms with Crippen molar-refractivity contribution in [3.8, 4) is 11.5 Å². The predicted molar refractivity (Wildman–Crippen MR) is 69.8 cm³/mol. The average molecular weight is 251 g/mol. The van der Waals surface area contributed by atoms with E-state index in [1.807, 2.05) is 25.1 Å². The molecule has 0 aliphatic carbocycles. The molecule has 1 aliphatic rings. The SMILES string of the molecule is CCCC(C)(CO)NCc1cccc2c1OCO2. The minimum absolute atomic E-state index is 0.132. The Morgan fingerprint density at radius 2 is 2.22 bits per heavy atom. The lowest BCUT2D eigenvalue weighted by molar-refractivity contribution is 0.161. The van der Waals surface area contributed by atoms with E-state index in [1.165, 1.54) is 0 Å². The summed E-state index contributed by atoms with van der Waals surface area (Å²) in [7, 11) is 0. The molecule has 0 saturated heterocycles. The number of fused-ring (bicyclic) bond motifs is 1. The average Bonchev–Trinajstić information content (AvgIpc) is 2.85. The molecule has 0 saturated carbocycles. The number of nitrogens with one attached hydrogen (secondary N) is 1. The molecule has 1 unspecified atom stereocenters. The molecule has 4 heteroatoms. The zero-order chi connectivity index (χ0) is 13.0. The number of aliphatic hydroxyl groups is 1. The first kappa shape index (κ1) is 13.2. The van der Waals surface area contributed by atoms with Crippen LogP contribution in [0.2, 0.25) is 0 Å². The number of rotatable bonds is 6. The molecule has 1 heterocycles. The summed E-state index contributed by atoms with van der Waals surface area (Å²) in [5.74, 6) is 1.62. The van der Waals surface area contributed by atoms with Crippen LogP contribution in [0.5, 0.6) is 11.5 Å². The van der Waals surface area contributed by atoms with E-state index in [1.54, 1.807) is 0 Å². The summed E-state index contributed by atoms with van der Waals surface area (Å²) in [4.78, 5) is 0. The fourth-order valence-corrected chi connectivity index (χ4v) is 2.21. The Morgan fingerprint density at radius 1 is 1.39 bits per heavy atom. The third-order valence-electron chi connectivity index (χ3n) is 3.33. The molecular formula is C14H21NO3. The van der Waals surface area contributed by atoms with E-state index in [-0.39, 0.29) is 12.1 Å². The van der Waals surface area contributed by atoms with Gasteiger partial charge in [0.25, 0.3) is 0 Å². The summed E-state index contributed by atoms with van der Waals surface area (Å²) in [6.07, 6.45) is 1.98. The molecule has 0 radical (unpaired) electrons. The molecule has 2 N–H and O–H groups in total. The third kappa shape index (κ3) is 2.76. The first-order valence-corrected chi connectivity index (χ1v) is 6.42. The van der Waals surface area contributed by atoms with Crippen LogP contribution in [0, 0.1) is 0 Å². The summed E-state index contributed by atoms with van der Waals surface area (Å²) in [6, 6.07) is 5.88. The maximum atomic E-state index is 9.47. The fourth-order valence-electron chi connectivity index (χ4n) is 2.21. The van der Waals surface area contributed by atoms with Crippen LogP contribution in [0.25, 0.3) is 0 Å². The van der Waals surface area contributed by atoms with Crippen LogP contribution in [0.3, 0.4) is 0 Å². The molecule has 0 aromatic heterocycles. The second kappa shape index (κ2) is 5.59. The summed E-state index contributed by atoms with van der Waals surface area (Å²) >= 11 is 0. The first-order chi connectivity index (χ1) is 8.68. The normalized spacial score (nSPS) is 16.6. The number of ether oxygens (including phenoxy) is 2. The van der Waals surface area contributed by atoms with E-state index in [0.29, 0.717) is 13.3 Å². The minimum atomic E-state index is -0.239. The van der Waals surface area contributed by atoms with E-state index in [9.17, 15) is 5.11 Å². The van der Waals surface area contributed by atoms with Crippen molar-refractivity contribution in [2.24, 2.45) is 0 Å². The molecule has 0 fully saturated rings. The Hall–Kier alpha value is -1.26. The molecule has 1 aliphatic heterocycles. The maximum absolute atomic E-state index is 9.47. The molecule has 4 nitrogen and oxygen atoms in total. The van der Waals surface area contributed by atoms with Crippen molar-refractivity contribution in [3.63, 3.8) is 0 Å².